The number of aryl methyl sites for hydroxylation is 1. The van der Waals surface area contributed by atoms with Gasteiger partial charge in [0.2, 0.25) is 0 Å². The van der Waals surface area contributed by atoms with Gasteiger partial charge in [-0.25, -0.2) is 9.97 Å². The minimum Gasteiger partial charge on any atom is -0.493 e. The van der Waals surface area contributed by atoms with E-state index in [0.29, 0.717) is 66.0 Å². The van der Waals surface area contributed by atoms with E-state index < -0.39 is 11.7 Å². The van der Waals surface area contributed by atoms with E-state index in [1.54, 1.807) is 32.2 Å². The molecule has 7 nitrogen and oxygen atoms in total. The number of anilines is 1. The number of nitrogens with one attached hydrogen (secondary N) is 1. The van der Waals surface area contributed by atoms with Gasteiger partial charge in [0.25, 0.3) is 0 Å². The van der Waals surface area contributed by atoms with Gasteiger partial charge in [-0.1, -0.05) is 12.1 Å². The quantitative estimate of drug-likeness (QED) is 0.414. The molecule has 0 aliphatic carbocycles. The Morgan fingerprint density at radius 1 is 0.939 bits per heavy atom. The lowest BCUT2D eigenvalue weighted by Crippen LogP contribution is -2.11. The fourth-order valence-corrected chi connectivity index (χ4v) is 3.16. The first-order valence-corrected chi connectivity index (χ1v) is 10.3. The van der Waals surface area contributed by atoms with Crippen LogP contribution in [0.25, 0.3) is 10.9 Å². The summed E-state index contributed by atoms with van der Waals surface area (Å²) in [5, 5.41) is 3.78. The van der Waals surface area contributed by atoms with Crippen molar-refractivity contribution in [2.45, 2.75) is 19.6 Å². The van der Waals surface area contributed by atoms with Gasteiger partial charge >= 0.3 is 6.18 Å². The molecular weight excluding hydrogens is 439 g/mol. The molecule has 0 radical (unpaired) electrons. The van der Waals surface area contributed by atoms with Crippen LogP contribution >= 0.6 is 0 Å². The highest BCUT2D eigenvalue weighted by atomic mass is 19.4. The van der Waals surface area contributed by atoms with E-state index in [0.717, 1.165) is 12.1 Å². The summed E-state index contributed by atoms with van der Waals surface area (Å²) in [6.07, 6.45) is -4.40. The Morgan fingerprint density at radius 2 is 1.73 bits per heavy atom. The molecule has 0 unspecified atom stereocenters. The van der Waals surface area contributed by atoms with Crippen molar-refractivity contribution in [2.75, 3.05) is 46.0 Å². The van der Waals surface area contributed by atoms with Crippen LogP contribution in [0.15, 0.2) is 36.4 Å². The lowest BCUT2D eigenvalue weighted by Gasteiger charge is -2.15. The number of alkyl halides is 3. The third-order valence-electron chi connectivity index (χ3n) is 4.72. The monoisotopic (exact) mass is 465 g/mol. The smallest absolute Gasteiger partial charge is 0.416 e. The van der Waals surface area contributed by atoms with Crippen molar-refractivity contribution >= 4 is 16.7 Å². The molecule has 0 bridgehead atoms. The first-order valence-electron chi connectivity index (χ1n) is 10.3. The standard InChI is InChI=1S/C23H26F3N3O4/c1-15-28-19-13-20(31-3)21(33-10-9-32-8-7-30-2)12-18(19)22(29-15)27-14-16-5-4-6-17(11-16)23(24,25)26/h4-6,11-13H,7-10,14H2,1-3H3,(H,27,28,29). The first-order chi connectivity index (χ1) is 15.8. The molecule has 0 aliphatic heterocycles. The Morgan fingerprint density at radius 3 is 2.45 bits per heavy atom. The van der Waals surface area contributed by atoms with Crippen LogP contribution in [0.5, 0.6) is 11.5 Å². The van der Waals surface area contributed by atoms with Gasteiger partial charge in [0.05, 0.1) is 38.0 Å². The lowest BCUT2D eigenvalue weighted by atomic mass is 10.1. The predicted octanol–water partition coefficient (Wildman–Crippen LogP) is 4.62. The molecule has 33 heavy (non-hydrogen) atoms. The van der Waals surface area contributed by atoms with E-state index in [4.69, 9.17) is 18.9 Å². The van der Waals surface area contributed by atoms with Crippen molar-refractivity contribution in [1.29, 1.82) is 0 Å². The Labute approximate surface area is 189 Å². The molecule has 0 saturated heterocycles. The highest BCUT2D eigenvalue weighted by molar-refractivity contribution is 5.91. The summed E-state index contributed by atoms with van der Waals surface area (Å²) in [5.74, 6) is 1.98. The van der Waals surface area contributed by atoms with Gasteiger partial charge in [-0.05, 0) is 30.7 Å². The molecule has 0 fully saturated rings. The van der Waals surface area contributed by atoms with Gasteiger partial charge in [0.1, 0.15) is 18.2 Å². The van der Waals surface area contributed by atoms with E-state index in [1.807, 2.05) is 0 Å². The summed E-state index contributed by atoms with van der Waals surface area (Å²) >= 11 is 0. The third-order valence-corrected chi connectivity index (χ3v) is 4.72. The number of hydrogen-bond acceptors (Lipinski definition) is 7. The summed E-state index contributed by atoms with van der Waals surface area (Å²) in [6, 6.07) is 8.65. The summed E-state index contributed by atoms with van der Waals surface area (Å²) in [7, 11) is 3.13. The number of aromatic nitrogens is 2. The number of fused-ring (bicyclic) bond motifs is 1. The Balaban J connectivity index is 1.81. The predicted molar refractivity (Wildman–Crippen MR) is 118 cm³/mol. The van der Waals surface area contributed by atoms with Crippen LogP contribution in [-0.4, -0.2) is 50.6 Å². The molecule has 0 atom stereocenters. The second-order valence-electron chi connectivity index (χ2n) is 7.14. The van der Waals surface area contributed by atoms with E-state index >= 15 is 0 Å². The third kappa shape index (κ3) is 6.69. The number of benzene rings is 2. The zero-order chi connectivity index (χ0) is 23.8. The molecule has 0 aliphatic rings. The fourth-order valence-electron chi connectivity index (χ4n) is 3.16. The van der Waals surface area contributed by atoms with Crippen molar-refractivity contribution < 1.29 is 32.1 Å². The minimum atomic E-state index is -4.40. The fraction of sp³-hybridized carbons (Fsp3) is 0.391. The second-order valence-corrected chi connectivity index (χ2v) is 7.14. The van der Waals surface area contributed by atoms with Crippen LogP contribution < -0.4 is 14.8 Å². The highest BCUT2D eigenvalue weighted by Gasteiger charge is 2.30. The summed E-state index contributed by atoms with van der Waals surface area (Å²) < 4.78 is 60.6. The molecule has 0 spiro atoms. The van der Waals surface area contributed by atoms with Crippen LogP contribution in [0.3, 0.4) is 0 Å². The number of methoxy groups -OCH3 is 2. The van der Waals surface area contributed by atoms with E-state index in [9.17, 15) is 13.2 Å². The van der Waals surface area contributed by atoms with E-state index in [1.165, 1.54) is 13.2 Å². The first kappa shape index (κ1) is 24.5. The largest absolute Gasteiger partial charge is 0.493 e. The number of halogens is 3. The minimum absolute atomic E-state index is 0.158. The molecule has 0 saturated carbocycles. The summed E-state index contributed by atoms with van der Waals surface area (Å²) in [5.41, 5.74) is 0.403. The Hall–Kier alpha value is -3.11. The molecule has 3 rings (SSSR count). The van der Waals surface area contributed by atoms with Crippen LogP contribution in [0.2, 0.25) is 0 Å². The van der Waals surface area contributed by atoms with Crippen LogP contribution in [0.4, 0.5) is 19.0 Å². The molecular formula is C23H26F3N3O4. The maximum absolute atomic E-state index is 13.0. The van der Waals surface area contributed by atoms with Gasteiger partial charge in [-0.15, -0.1) is 0 Å². The van der Waals surface area contributed by atoms with Crippen molar-refractivity contribution in [1.82, 2.24) is 9.97 Å². The molecule has 0 amide bonds. The van der Waals surface area contributed by atoms with Crippen LogP contribution in [-0.2, 0) is 22.2 Å². The van der Waals surface area contributed by atoms with E-state index in [2.05, 4.69) is 15.3 Å². The van der Waals surface area contributed by atoms with Gasteiger partial charge < -0.3 is 24.3 Å². The topological polar surface area (TPSA) is 74.7 Å². The van der Waals surface area contributed by atoms with Gasteiger partial charge in [0, 0.05) is 25.1 Å². The number of hydrogen-bond donors (Lipinski definition) is 1. The number of ether oxygens (including phenoxy) is 4. The lowest BCUT2D eigenvalue weighted by molar-refractivity contribution is -0.137. The molecule has 1 N–H and O–H groups in total. The van der Waals surface area contributed by atoms with Crippen LogP contribution in [0.1, 0.15) is 17.0 Å². The second kappa shape index (κ2) is 11.2. The van der Waals surface area contributed by atoms with Crippen molar-refractivity contribution in [3.05, 3.63) is 53.3 Å². The van der Waals surface area contributed by atoms with E-state index in [-0.39, 0.29) is 6.54 Å². The zero-order valence-electron chi connectivity index (χ0n) is 18.7. The highest BCUT2D eigenvalue weighted by Crippen LogP contribution is 2.35. The Kier molecular flexibility index (Phi) is 8.29. The normalized spacial score (nSPS) is 11.6. The maximum atomic E-state index is 13.0. The Bertz CT molecular complexity index is 1080. The molecule has 2 aromatic carbocycles. The average Bonchev–Trinajstić information content (AvgIpc) is 2.79. The van der Waals surface area contributed by atoms with Crippen LogP contribution in [0, 0.1) is 6.92 Å². The van der Waals surface area contributed by atoms with Gasteiger partial charge in [-0.3, -0.25) is 0 Å². The van der Waals surface area contributed by atoms with Crippen molar-refractivity contribution in [3.8, 4) is 11.5 Å². The van der Waals surface area contributed by atoms with Crippen molar-refractivity contribution in [3.63, 3.8) is 0 Å². The summed E-state index contributed by atoms with van der Waals surface area (Å²) in [6.45, 7) is 3.53. The maximum Gasteiger partial charge on any atom is 0.416 e. The zero-order valence-corrected chi connectivity index (χ0v) is 18.7. The number of rotatable bonds is 11. The molecule has 178 valence electrons. The molecule has 10 heteroatoms. The van der Waals surface area contributed by atoms with Gasteiger partial charge in [-0.2, -0.15) is 13.2 Å². The molecule has 3 aromatic rings. The SMILES string of the molecule is COCCOCCOc1cc2c(NCc3cccc(C(F)(F)F)c3)nc(C)nc2cc1OC. The average molecular weight is 465 g/mol. The molecule has 1 heterocycles. The molecule has 1 aromatic heterocycles. The summed E-state index contributed by atoms with van der Waals surface area (Å²) in [4.78, 5) is 8.88. The van der Waals surface area contributed by atoms with Gasteiger partial charge in [0.15, 0.2) is 11.5 Å². The number of nitrogens with zero attached hydrogens (tertiary/aromatic N) is 2. The van der Waals surface area contributed by atoms with Crippen molar-refractivity contribution in [2.24, 2.45) is 0 Å².